The van der Waals surface area contributed by atoms with Crippen LogP contribution in [0.3, 0.4) is 0 Å². The highest BCUT2D eigenvalue weighted by molar-refractivity contribution is 5.83. The lowest BCUT2D eigenvalue weighted by atomic mass is 10.3. The van der Waals surface area contributed by atoms with Crippen LogP contribution in [0, 0.1) is 0 Å². The molecule has 20 heavy (non-hydrogen) atoms. The predicted molar refractivity (Wildman–Crippen MR) is 67.4 cm³/mol. The molecule has 1 aliphatic rings. The van der Waals surface area contributed by atoms with E-state index in [9.17, 15) is 13.2 Å². The molecule has 0 amide bonds. The van der Waals surface area contributed by atoms with E-state index in [-0.39, 0.29) is 23.5 Å². The van der Waals surface area contributed by atoms with Crippen LogP contribution in [0.2, 0.25) is 0 Å². The number of imidazole rings is 1. The Morgan fingerprint density at radius 1 is 1.30 bits per heavy atom. The maximum atomic E-state index is 12.9. The zero-order chi connectivity index (χ0) is 14.5. The quantitative estimate of drug-likeness (QED) is 0.942. The van der Waals surface area contributed by atoms with E-state index in [0.717, 1.165) is 12.8 Å². The van der Waals surface area contributed by atoms with Gasteiger partial charge in [-0.25, -0.2) is 15.0 Å². The third kappa shape index (κ3) is 2.30. The highest BCUT2D eigenvalue weighted by Gasteiger charge is 2.37. The number of nitrogens with zero attached hydrogens (tertiary/aromatic N) is 4. The fourth-order valence-electron chi connectivity index (χ4n) is 1.94. The number of alkyl halides is 3. The molecule has 0 radical (unpaired) electrons. The first-order chi connectivity index (χ1) is 9.36. The van der Waals surface area contributed by atoms with Crippen LogP contribution in [0.5, 0.6) is 0 Å². The molecule has 0 spiro atoms. The van der Waals surface area contributed by atoms with Crippen molar-refractivity contribution >= 4 is 17.0 Å². The summed E-state index contributed by atoms with van der Waals surface area (Å²) in [6, 6.07) is 0.170. The largest absolute Gasteiger partial charge is 0.451 e. The standard InChI is InChI=1S/C12H14F3N5/c1-6(2)20-5-16-8-9(17-7-3-4-7)18-11(12(13,14)15)19-10(8)20/h5-7H,3-4H2,1-2H3,(H,17,18,19). The Morgan fingerprint density at radius 3 is 2.55 bits per heavy atom. The zero-order valence-corrected chi connectivity index (χ0v) is 11.1. The minimum absolute atomic E-state index is 0.0234. The second-order valence-electron chi connectivity index (χ2n) is 5.23. The topological polar surface area (TPSA) is 55.6 Å². The Balaban J connectivity index is 2.18. The molecule has 0 saturated heterocycles. The van der Waals surface area contributed by atoms with Gasteiger partial charge >= 0.3 is 6.18 Å². The Labute approximate surface area is 113 Å². The van der Waals surface area contributed by atoms with Crippen molar-refractivity contribution in [3.63, 3.8) is 0 Å². The SMILES string of the molecule is CC(C)n1cnc2c(NC3CC3)nc(C(F)(F)F)nc21. The molecule has 0 bridgehead atoms. The number of aromatic nitrogens is 4. The summed E-state index contributed by atoms with van der Waals surface area (Å²) in [7, 11) is 0. The lowest BCUT2D eigenvalue weighted by Crippen LogP contribution is -2.15. The van der Waals surface area contributed by atoms with Crippen molar-refractivity contribution in [3.05, 3.63) is 12.2 Å². The van der Waals surface area contributed by atoms with Gasteiger partial charge in [0.15, 0.2) is 11.5 Å². The summed E-state index contributed by atoms with van der Waals surface area (Å²) >= 11 is 0. The Kier molecular flexibility index (Phi) is 2.84. The van der Waals surface area contributed by atoms with Gasteiger partial charge in [-0.15, -0.1) is 0 Å². The first kappa shape index (κ1) is 13.1. The summed E-state index contributed by atoms with van der Waals surface area (Å²) in [6.07, 6.45) is -1.18. The van der Waals surface area contributed by atoms with Crippen molar-refractivity contribution in [1.82, 2.24) is 19.5 Å². The minimum Gasteiger partial charge on any atom is -0.365 e. The molecular weight excluding hydrogens is 271 g/mol. The van der Waals surface area contributed by atoms with Gasteiger partial charge in [-0.05, 0) is 26.7 Å². The summed E-state index contributed by atoms with van der Waals surface area (Å²) in [5.74, 6) is -0.959. The number of fused-ring (bicyclic) bond motifs is 1. The first-order valence-electron chi connectivity index (χ1n) is 6.44. The summed E-state index contributed by atoms with van der Waals surface area (Å²) in [5.41, 5.74) is 0.601. The molecule has 0 unspecified atom stereocenters. The van der Waals surface area contributed by atoms with E-state index in [4.69, 9.17) is 0 Å². The van der Waals surface area contributed by atoms with E-state index in [1.807, 2.05) is 13.8 Å². The number of hydrogen-bond acceptors (Lipinski definition) is 4. The van der Waals surface area contributed by atoms with E-state index >= 15 is 0 Å². The number of nitrogens with one attached hydrogen (secondary N) is 1. The zero-order valence-electron chi connectivity index (χ0n) is 11.1. The fraction of sp³-hybridized carbons (Fsp3) is 0.583. The van der Waals surface area contributed by atoms with Crippen LogP contribution in [0.15, 0.2) is 6.33 Å². The highest BCUT2D eigenvalue weighted by Crippen LogP contribution is 2.32. The van der Waals surface area contributed by atoms with Gasteiger partial charge in [-0.2, -0.15) is 13.2 Å². The summed E-state index contributed by atoms with van der Waals surface area (Å²) in [6.45, 7) is 3.73. The normalized spacial score (nSPS) is 16.1. The fourth-order valence-corrected chi connectivity index (χ4v) is 1.94. The molecule has 0 atom stereocenters. The number of halogens is 3. The summed E-state index contributed by atoms with van der Waals surface area (Å²) in [4.78, 5) is 11.4. The highest BCUT2D eigenvalue weighted by atomic mass is 19.4. The molecule has 1 N–H and O–H groups in total. The van der Waals surface area contributed by atoms with Crippen molar-refractivity contribution in [2.24, 2.45) is 0 Å². The maximum Gasteiger partial charge on any atom is 0.451 e. The van der Waals surface area contributed by atoms with Crippen molar-refractivity contribution in [3.8, 4) is 0 Å². The monoisotopic (exact) mass is 285 g/mol. The van der Waals surface area contributed by atoms with Gasteiger partial charge in [0.25, 0.3) is 0 Å². The van der Waals surface area contributed by atoms with Crippen LogP contribution in [0.1, 0.15) is 38.6 Å². The molecular formula is C12H14F3N5. The Morgan fingerprint density at radius 2 is 2.00 bits per heavy atom. The van der Waals surface area contributed by atoms with Crippen LogP contribution in [-0.2, 0) is 6.18 Å². The first-order valence-corrected chi connectivity index (χ1v) is 6.44. The van der Waals surface area contributed by atoms with E-state index in [0.29, 0.717) is 5.52 Å². The second-order valence-corrected chi connectivity index (χ2v) is 5.23. The van der Waals surface area contributed by atoms with E-state index < -0.39 is 12.0 Å². The molecule has 108 valence electrons. The van der Waals surface area contributed by atoms with E-state index in [1.54, 1.807) is 4.57 Å². The summed E-state index contributed by atoms with van der Waals surface area (Å²) < 4.78 is 40.3. The molecule has 0 aromatic carbocycles. The average Bonchev–Trinajstić information content (AvgIpc) is 3.04. The number of hydrogen-bond donors (Lipinski definition) is 1. The van der Waals surface area contributed by atoms with Crippen LogP contribution in [0.25, 0.3) is 11.2 Å². The van der Waals surface area contributed by atoms with Crippen LogP contribution < -0.4 is 5.32 Å². The van der Waals surface area contributed by atoms with Crippen molar-refractivity contribution in [1.29, 1.82) is 0 Å². The molecule has 3 rings (SSSR count). The summed E-state index contributed by atoms with van der Waals surface area (Å²) in [5, 5.41) is 3.00. The molecule has 1 aliphatic carbocycles. The lowest BCUT2D eigenvalue weighted by molar-refractivity contribution is -0.144. The van der Waals surface area contributed by atoms with Gasteiger partial charge in [-0.1, -0.05) is 0 Å². The molecule has 1 fully saturated rings. The Bertz CT molecular complexity index is 642. The van der Waals surface area contributed by atoms with E-state index in [2.05, 4.69) is 20.3 Å². The molecule has 2 aromatic rings. The second kappa shape index (κ2) is 4.32. The molecule has 0 aliphatic heterocycles. The predicted octanol–water partition coefficient (Wildman–Crippen LogP) is 3.00. The van der Waals surface area contributed by atoms with Crippen LogP contribution in [-0.4, -0.2) is 25.6 Å². The van der Waals surface area contributed by atoms with Gasteiger partial charge in [-0.3, -0.25) is 0 Å². The van der Waals surface area contributed by atoms with E-state index in [1.165, 1.54) is 6.33 Å². The smallest absolute Gasteiger partial charge is 0.365 e. The van der Waals surface area contributed by atoms with Crippen LogP contribution in [0.4, 0.5) is 19.0 Å². The van der Waals surface area contributed by atoms with Crippen molar-refractivity contribution in [2.45, 2.75) is 44.9 Å². The molecule has 2 aromatic heterocycles. The Hall–Kier alpha value is -1.86. The third-order valence-electron chi connectivity index (χ3n) is 3.15. The molecule has 1 saturated carbocycles. The van der Waals surface area contributed by atoms with Gasteiger partial charge in [0, 0.05) is 12.1 Å². The minimum atomic E-state index is -4.57. The van der Waals surface area contributed by atoms with Gasteiger partial charge in [0.05, 0.1) is 6.33 Å². The average molecular weight is 285 g/mol. The van der Waals surface area contributed by atoms with Crippen LogP contribution >= 0.6 is 0 Å². The third-order valence-corrected chi connectivity index (χ3v) is 3.15. The number of rotatable bonds is 3. The number of anilines is 1. The lowest BCUT2D eigenvalue weighted by Gasteiger charge is -2.12. The van der Waals surface area contributed by atoms with Crippen molar-refractivity contribution < 1.29 is 13.2 Å². The molecule has 8 heteroatoms. The van der Waals surface area contributed by atoms with Gasteiger partial charge in [0.1, 0.15) is 5.52 Å². The van der Waals surface area contributed by atoms with Gasteiger partial charge < -0.3 is 9.88 Å². The maximum absolute atomic E-state index is 12.9. The molecule has 2 heterocycles. The van der Waals surface area contributed by atoms with Gasteiger partial charge in [0.2, 0.25) is 5.82 Å². The molecule has 5 nitrogen and oxygen atoms in total. The van der Waals surface area contributed by atoms with Crippen molar-refractivity contribution in [2.75, 3.05) is 5.32 Å².